The number of nitrogens with zero attached hydrogens (tertiary/aromatic N) is 1. The summed E-state index contributed by atoms with van der Waals surface area (Å²) in [5.41, 5.74) is 2.95. The van der Waals surface area contributed by atoms with E-state index in [1.165, 1.54) is 0 Å². The summed E-state index contributed by atoms with van der Waals surface area (Å²) in [7, 11) is 0. The second kappa shape index (κ2) is 10.3. The fourth-order valence-electron chi connectivity index (χ4n) is 2.87. The van der Waals surface area contributed by atoms with Gasteiger partial charge in [0.15, 0.2) is 0 Å². The molecule has 29 heavy (non-hydrogen) atoms. The predicted molar refractivity (Wildman–Crippen MR) is 114 cm³/mol. The lowest BCUT2D eigenvalue weighted by atomic mass is 10.1. The molecule has 0 saturated carbocycles. The molecule has 0 aliphatic carbocycles. The predicted octanol–water partition coefficient (Wildman–Crippen LogP) is 4.62. The van der Waals surface area contributed by atoms with Gasteiger partial charge in [-0.25, -0.2) is 4.98 Å². The minimum atomic E-state index is -0.0819. The smallest absolute Gasteiger partial charge is 0.223 e. The van der Waals surface area contributed by atoms with Gasteiger partial charge in [0.05, 0.1) is 19.1 Å². The SMILES string of the molecule is CC(C)Oc1ncccc1CNC(=O)CCOc1ccccc1-c1ccccc1. The Labute approximate surface area is 171 Å². The maximum Gasteiger partial charge on any atom is 0.223 e. The molecule has 0 bridgehead atoms. The molecule has 0 spiro atoms. The third kappa shape index (κ3) is 6.07. The van der Waals surface area contributed by atoms with Gasteiger partial charge in [0.2, 0.25) is 11.8 Å². The van der Waals surface area contributed by atoms with Crippen molar-refractivity contribution in [2.75, 3.05) is 6.61 Å². The lowest BCUT2D eigenvalue weighted by molar-refractivity contribution is -0.121. The zero-order chi connectivity index (χ0) is 20.5. The summed E-state index contributed by atoms with van der Waals surface area (Å²) in [6, 6.07) is 21.6. The van der Waals surface area contributed by atoms with Gasteiger partial charge in [-0.2, -0.15) is 0 Å². The van der Waals surface area contributed by atoms with Crippen LogP contribution in [0.15, 0.2) is 72.9 Å². The first-order valence-electron chi connectivity index (χ1n) is 9.78. The monoisotopic (exact) mass is 390 g/mol. The number of ether oxygens (including phenoxy) is 2. The third-order valence-corrected chi connectivity index (χ3v) is 4.23. The van der Waals surface area contributed by atoms with E-state index in [0.29, 0.717) is 19.0 Å². The summed E-state index contributed by atoms with van der Waals surface area (Å²) in [5, 5.41) is 2.91. The highest BCUT2D eigenvalue weighted by atomic mass is 16.5. The number of aromatic nitrogens is 1. The van der Waals surface area contributed by atoms with E-state index in [1.54, 1.807) is 6.20 Å². The molecule has 3 aromatic rings. The van der Waals surface area contributed by atoms with Crippen molar-refractivity contribution in [3.05, 3.63) is 78.5 Å². The van der Waals surface area contributed by atoms with Crippen molar-refractivity contribution in [2.45, 2.75) is 32.9 Å². The molecule has 0 saturated heterocycles. The number of para-hydroxylation sites is 1. The average molecular weight is 390 g/mol. The molecule has 5 heteroatoms. The van der Waals surface area contributed by atoms with Crippen LogP contribution in [-0.2, 0) is 11.3 Å². The molecule has 1 aromatic heterocycles. The van der Waals surface area contributed by atoms with E-state index in [9.17, 15) is 4.79 Å². The summed E-state index contributed by atoms with van der Waals surface area (Å²) in [5.74, 6) is 1.24. The Morgan fingerprint density at radius 2 is 1.76 bits per heavy atom. The third-order valence-electron chi connectivity index (χ3n) is 4.23. The van der Waals surface area contributed by atoms with Gasteiger partial charge in [-0.15, -0.1) is 0 Å². The van der Waals surface area contributed by atoms with E-state index in [2.05, 4.69) is 10.3 Å². The van der Waals surface area contributed by atoms with Crippen LogP contribution in [-0.4, -0.2) is 23.6 Å². The number of pyridine rings is 1. The lowest BCUT2D eigenvalue weighted by Crippen LogP contribution is -2.25. The summed E-state index contributed by atoms with van der Waals surface area (Å²) < 4.78 is 11.6. The fourth-order valence-corrected chi connectivity index (χ4v) is 2.87. The number of rotatable bonds is 9. The van der Waals surface area contributed by atoms with Crippen molar-refractivity contribution in [2.24, 2.45) is 0 Å². The van der Waals surface area contributed by atoms with Crippen LogP contribution in [0.1, 0.15) is 25.8 Å². The molecule has 0 aliphatic heterocycles. The van der Waals surface area contributed by atoms with E-state index in [1.807, 2.05) is 80.6 Å². The Balaban J connectivity index is 1.52. The van der Waals surface area contributed by atoms with Gasteiger partial charge in [-0.1, -0.05) is 54.6 Å². The molecule has 1 amide bonds. The largest absolute Gasteiger partial charge is 0.492 e. The van der Waals surface area contributed by atoms with Crippen LogP contribution in [0, 0.1) is 0 Å². The molecule has 5 nitrogen and oxygen atoms in total. The van der Waals surface area contributed by atoms with Crippen LogP contribution in [0.3, 0.4) is 0 Å². The molecule has 1 N–H and O–H groups in total. The molecule has 2 aromatic carbocycles. The number of hydrogen-bond acceptors (Lipinski definition) is 4. The fraction of sp³-hybridized carbons (Fsp3) is 0.250. The van der Waals surface area contributed by atoms with E-state index in [0.717, 1.165) is 22.4 Å². The van der Waals surface area contributed by atoms with Crippen molar-refractivity contribution in [1.29, 1.82) is 0 Å². The van der Waals surface area contributed by atoms with E-state index < -0.39 is 0 Å². The number of carbonyl (C=O) groups excluding carboxylic acids is 1. The molecule has 3 rings (SSSR count). The van der Waals surface area contributed by atoms with Gasteiger partial charge in [0.1, 0.15) is 5.75 Å². The van der Waals surface area contributed by atoms with Crippen LogP contribution in [0.25, 0.3) is 11.1 Å². The molecule has 0 fully saturated rings. The van der Waals surface area contributed by atoms with Gasteiger partial charge in [0.25, 0.3) is 0 Å². The van der Waals surface area contributed by atoms with Gasteiger partial charge >= 0.3 is 0 Å². The molecular weight excluding hydrogens is 364 g/mol. The van der Waals surface area contributed by atoms with E-state index >= 15 is 0 Å². The average Bonchev–Trinajstić information content (AvgIpc) is 2.74. The molecular formula is C24H26N2O3. The first kappa shape index (κ1) is 20.4. The Hall–Kier alpha value is -3.34. The van der Waals surface area contributed by atoms with Crippen LogP contribution >= 0.6 is 0 Å². The topological polar surface area (TPSA) is 60.5 Å². The second-order valence-corrected chi connectivity index (χ2v) is 6.87. The van der Waals surface area contributed by atoms with Crippen molar-refractivity contribution in [3.63, 3.8) is 0 Å². The summed E-state index contributed by atoms with van der Waals surface area (Å²) in [4.78, 5) is 16.5. The van der Waals surface area contributed by atoms with Crippen molar-refractivity contribution >= 4 is 5.91 Å². The van der Waals surface area contributed by atoms with E-state index in [4.69, 9.17) is 9.47 Å². The summed E-state index contributed by atoms with van der Waals surface area (Å²) in [6.07, 6.45) is 1.97. The maximum absolute atomic E-state index is 12.2. The summed E-state index contributed by atoms with van der Waals surface area (Å²) in [6.45, 7) is 4.57. The number of carbonyl (C=O) groups is 1. The Morgan fingerprint density at radius 3 is 2.55 bits per heavy atom. The van der Waals surface area contributed by atoms with Crippen LogP contribution < -0.4 is 14.8 Å². The van der Waals surface area contributed by atoms with Crippen molar-refractivity contribution in [3.8, 4) is 22.8 Å². The normalized spacial score (nSPS) is 10.6. The first-order chi connectivity index (χ1) is 14.1. The molecule has 150 valence electrons. The maximum atomic E-state index is 12.2. The van der Waals surface area contributed by atoms with Gasteiger partial charge in [0, 0.05) is 23.9 Å². The number of amides is 1. The zero-order valence-electron chi connectivity index (χ0n) is 16.8. The number of benzene rings is 2. The van der Waals surface area contributed by atoms with Crippen molar-refractivity contribution in [1.82, 2.24) is 10.3 Å². The van der Waals surface area contributed by atoms with Gasteiger partial charge < -0.3 is 14.8 Å². The van der Waals surface area contributed by atoms with Crippen LogP contribution in [0.4, 0.5) is 0 Å². The molecule has 0 aliphatic rings. The first-order valence-corrected chi connectivity index (χ1v) is 9.78. The molecule has 0 unspecified atom stereocenters. The lowest BCUT2D eigenvalue weighted by Gasteiger charge is -2.14. The van der Waals surface area contributed by atoms with Crippen molar-refractivity contribution < 1.29 is 14.3 Å². The quantitative estimate of drug-likeness (QED) is 0.579. The highest BCUT2D eigenvalue weighted by Crippen LogP contribution is 2.29. The highest BCUT2D eigenvalue weighted by molar-refractivity contribution is 5.76. The zero-order valence-corrected chi connectivity index (χ0v) is 16.8. The number of hydrogen-bond donors (Lipinski definition) is 1. The second-order valence-electron chi connectivity index (χ2n) is 6.87. The highest BCUT2D eigenvalue weighted by Gasteiger charge is 2.10. The molecule has 0 atom stereocenters. The Kier molecular flexibility index (Phi) is 7.22. The van der Waals surface area contributed by atoms with Crippen LogP contribution in [0.2, 0.25) is 0 Å². The Bertz CT molecular complexity index is 926. The Morgan fingerprint density at radius 1 is 1.00 bits per heavy atom. The van der Waals surface area contributed by atoms with Crippen LogP contribution in [0.5, 0.6) is 11.6 Å². The minimum Gasteiger partial charge on any atom is -0.492 e. The standard InChI is InChI=1S/C24H26N2O3/c1-18(2)29-24-20(11-8-15-25-24)17-26-23(27)14-16-28-22-13-7-6-12-21(22)19-9-4-3-5-10-19/h3-13,15,18H,14,16-17H2,1-2H3,(H,26,27). The number of nitrogens with one attached hydrogen (secondary N) is 1. The molecule has 1 heterocycles. The van der Waals surface area contributed by atoms with Gasteiger partial charge in [-0.05, 0) is 31.5 Å². The molecule has 0 radical (unpaired) electrons. The van der Waals surface area contributed by atoms with Gasteiger partial charge in [-0.3, -0.25) is 4.79 Å². The summed E-state index contributed by atoms with van der Waals surface area (Å²) >= 11 is 0. The minimum absolute atomic E-state index is 0.0254. The van der Waals surface area contributed by atoms with E-state index in [-0.39, 0.29) is 18.4 Å².